The molecule has 0 aliphatic heterocycles. The van der Waals surface area contributed by atoms with Crippen LogP contribution in [-0.2, 0) is 12.7 Å². The predicted octanol–water partition coefficient (Wildman–Crippen LogP) is 4.19. The molecule has 0 saturated heterocycles. The number of pyridine rings is 1. The van der Waals surface area contributed by atoms with Crippen molar-refractivity contribution in [3.8, 4) is 11.3 Å². The topological polar surface area (TPSA) is 41.9 Å². The van der Waals surface area contributed by atoms with Crippen molar-refractivity contribution >= 4 is 5.95 Å². The van der Waals surface area contributed by atoms with Gasteiger partial charge in [0, 0.05) is 37.7 Å². The molecule has 0 spiro atoms. The highest BCUT2D eigenvalue weighted by atomic mass is 19.4. The van der Waals surface area contributed by atoms with Crippen molar-refractivity contribution in [2.75, 3.05) is 11.9 Å². The second-order valence-electron chi connectivity index (χ2n) is 5.54. The highest BCUT2D eigenvalue weighted by Crippen LogP contribution is 2.30. The zero-order chi connectivity index (χ0) is 17.9. The summed E-state index contributed by atoms with van der Waals surface area (Å²) in [5.74, 6) is 0.429. The molecular formula is C18H15F3N4. The third kappa shape index (κ3) is 4.12. The predicted molar refractivity (Wildman–Crippen MR) is 88.8 cm³/mol. The first kappa shape index (κ1) is 16.9. The van der Waals surface area contributed by atoms with Gasteiger partial charge in [-0.25, -0.2) is 9.97 Å². The fourth-order valence-electron chi connectivity index (χ4n) is 2.40. The highest BCUT2D eigenvalue weighted by Gasteiger charge is 2.30. The van der Waals surface area contributed by atoms with E-state index >= 15 is 0 Å². The lowest BCUT2D eigenvalue weighted by molar-refractivity contribution is -0.137. The first-order valence-electron chi connectivity index (χ1n) is 7.54. The summed E-state index contributed by atoms with van der Waals surface area (Å²) in [5, 5.41) is 0. The van der Waals surface area contributed by atoms with Crippen LogP contribution in [0.2, 0.25) is 0 Å². The van der Waals surface area contributed by atoms with Gasteiger partial charge in [-0.1, -0.05) is 12.1 Å². The molecule has 0 aliphatic carbocycles. The van der Waals surface area contributed by atoms with Crippen LogP contribution in [0.1, 0.15) is 11.1 Å². The Balaban J connectivity index is 1.81. The van der Waals surface area contributed by atoms with E-state index in [0.29, 0.717) is 17.2 Å². The van der Waals surface area contributed by atoms with Gasteiger partial charge in [0.05, 0.1) is 11.3 Å². The maximum atomic E-state index is 12.8. The van der Waals surface area contributed by atoms with Crippen molar-refractivity contribution in [1.29, 1.82) is 0 Å². The molecule has 0 aliphatic rings. The molecule has 2 aromatic heterocycles. The molecule has 3 rings (SSSR count). The molecule has 0 saturated carbocycles. The van der Waals surface area contributed by atoms with Crippen molar-refractivity contribution < 1.29 is 13.2 Å². The summed E-state index contributed by atoms with van der Waals surface area (Å²) in [4.78, 5) is 14.4. The second-order valence-corrected chi connectivity index (χ2v) is 5.54. The number of alkyl halides is 3. The van der Waals surface area contributed by atoms with Gasteiger partial charge in [0.2, 0.25) is 5.95 Å². The molecule has 128 valence electrons. The minimum absolute atomic E-state index is 0.264. The Kier molecular flexibility index (Phi) is 4.65. The zero-order valence-corrected chi connectivity index (χ0v) is 13.4. The molecule has 7 heteroatoms. The minimum Gasteiger partial charge on any atom is -0.340 e. The van der Waals surface area contributed by atoms with Gasteiger partial charge in [-0.15, -0.1) is 0 Å². The van der Waals surface area contributed by atoms with Gasteiger partial charge in [-0.3, -0.25) is 4.98 Å². The highest BCUT2D eigenvalue weighted by molar-refractivity contribution is 5.58. The van der Waals surface area contributed by atoms with E-state index in [2.05, 4.69) is 15.0 Å². The Morgan fingerprint density at radius 1 is 1.04 bits per heavy atom. The van der Waals surface area contributed by atoms with E-state index in [1.54, 1.807) is 42.7 Å². The molecular weight excluding hydrogens is 329 g/mol. The summed E-state index contributed by atoms with van der Waals surface area (Å²) >= 11 is 0. The van der Waals surface area contributed by atoms with Gasteiger partial charge >= 0.3 is 6.18 Å². The lowest BCUT2D eigenvalue weighted by atomic mass is 10.1. The summed E-state index contributed by atoms with van der Waals surface area (Å²) in [6, 6.07) is 10.7. The Morgan fingerprint density at radius 2 is 1.88 bits per heavy atom. The Morgan fingerprint density at radius 3 is 2.60 bits per heavy atom. The lowest BCUT2D eigenvalue weighted by Gasteiger charge is -2.18. The normalized spacial score (nSPS) is 11.4. The fraction of sp³-hybridized carbons (Fsp3) is 0.167. The SMILES string of the molecule is CN(Cc1cccc(C(F)(F)F)c1)c1nccc(-c2cccnc2)n1. The largest absolute Gasteiger partial charge is 0.416 e. The van der Waals surface area contributed by atoms with Crippen molar-refractivity contribution in [3.63, 3.8) is 0 Å². The molecule has 3 aromatic rings. The maximum absolute atomic E-state index is 12.8. The summed E-state index contributed by atoms with van der Waals surface area (Å²) < 4.78 is 38.5. The van der Waals surface area contributed by atoms with E-state index < -0.39 is 11.7 Å². The van der Waals surface area contributed by atoms with Gasteiger partial charge < -0.3 is 4.90 Å². The average molecular weight is 344 g/mol. The average Bonchev–Trinajstić information content (AvgIpc) is 2.62. The van der Waals surface area contributed by atoms with Gasteiger partial charge in [-0.05, 0) is 35.9 Å². The number of halogens is 3. The molecule has 0 fully saturated rings. The van der Waals surface area contributed by atoms with Crippen LogP contribution in [0.25, 0.3) is 11.3 Å². The molecule has 2 heterocycles. The molecule has 0 unspecified atom stereocenters. The summed E-state index contributed by atoms with van der Waals surface area (Å²) in [5.41, 5.74) is 1.42. The van der Waals surface area contributed by atoms with Crippen LogP contribution in [0.4, 0.5) is 19.1 Å². The number of aromatic nitrogens is 3. The molecule has 4 nitrogen and oxygen atoms in total. The van der Waals surface area contributed by atoms with Crippen molar-refractivity contribution in [1.82, 2.24) is 15.0 Å². The van der Waals surface area contributed by atoms with Crippen LogP contribution < -0.4 is 4.90 Å². The molecule has 0 atom stereocenters. The molecule has 0 amide bonds. The first-order valence-corrected chi connectivity index (χ1v) is 7.54. The number of nitrogens with zero attached hydrogens (tertiary/aromatic N) is 4. The van der Waals surface area contributed by atoms with Crippen LogP contribution in [0, 0.1) is 0 Å². The standard InChI is InChI=1S/C18H15F3N4/c1-25(12-13-4-2-6-15(10-13)18(19,20)21)17-23-9-7-16(24-17)14-5-3-8-22-11-14/h2-11H,12H2,1H3. The van der Waals surface area contributed by atoms with Crippen LogP contribution in [0.5, 0.6) is 0 Å². The monoisotopic (exact) mass is 344 g/mol. The minimum atomic E-state index is -4.36. The smallest absolute Gasteiger partial charge is 0.340 e. The summed E-state index contributed by atoms with van der Waals surface area (Å²) in [6.45, 7) is 0.264. The van der Waals surface area contributed by atoms with Gasteiger partial charge in [0.25, 0.3) is 0 Å². The van der Waals surface area contributed by atoms with Crippen LogP contribution in [0.15, 0.2) is 61.1 Å². The van der Waals surface area contributed by atoms with E-state index in [9.17, 15) is 13.2 Å². The Bertz CT molecular complexity index is 850. The number of anilines is 1. The molecule has 0 N–H and O–H groups in total. The number of hydrogen-bond donors (Lipinski definition) is 0. The van der Waals surface area contributed by atoms with Gasteiger partial charge in [0.15, 0.2) is 0 Å². The van der Waals surface area contributed by atoms with E-state index in [1.807, 2.05) is 12.1 Å². The first-order chi connectivity index (χ1) is 11.9. The van der Waals surface area contributed by atoms with Gasteiger partial charge in [0.1, 0.15) is 0 Å². The second kappa shape index (κ2) is 6.88. The number of benzene rings is 1. The molecule has 1 aromatic carbocycles. The van der Waals surface area contributed by atoms with Crippen molar-refractivity contribution in [2.45, 2.75) is 12.7 Å². The maximum Gasteiger partial charge on any atom is 0.416 e. The number of rotatable bonds is 4. The van der Waals surface area contributed by atoms with Crippen molar-refractivity contribution in [2.24, 2.45) is 0 Å². The lowest BCUT2D eigenvalue weighted by Crippen LogP contribution is -2.19. The van der Waals surface area contributed by atoms with Crippen LogP contribution >= 0.6 is 0 Å². The molecule has 0 bridgehead atoms. The third-order valence-electron chi connectivity index (χ3n) is 3.62. The zero-order valence-electron chi connectivity index (χ0n) is 13.4. The quantitative estimate of drug-likeness (QED) is 0.712. The summed E-state index contributed by atoms with van der Waals surface area (Å²) in [6.07, 6.45) is 0.628. The fourth-order valence-corrected chi connectivity index (χ4v) is 2.40. The third-order valence-corrected chi connectivity index (χ3v) is 3.62. The summed E-state index contributed by atoms with van der Waals surface area (Å²) in [7, 11) is 1.74. The van der Waals surface area contributed by atoms with Crippen LogP contribution in [0.3, 0.4) is 0 Å². The van der Waals surface area contributed by atoms with Gasteiger partial charge in [-0.2, -0.15) is 13.2 Å². The molecule has 25 heavy (non-hydrogen) atoms. The van der Waals surface area contributed by atoms with Crippen LogP contribution in [-0.4, -0.2) is 22.0 Å². The van der Waals surface area contributed by atoms with E-state index in [1.165, 1.54) is 6.07 Å². The Hall–Kier alpha value is -2.96. The van der Waals surface area contributed by atoms with Crippen molar-refractivity contribution in [3.05, 3.63) is 72.2 Å². The molecule has 0 radical (unpaired) electrons. The van der Waals surface area contributed by atoms with E-state index in [-0.39, 0.29) is 6.54 Å². The Labute approximate surface area is 143 Å². The van der Waals surface area contributed by atoms with E-state index in [4.69, 9.17) is 0 Å². The van der Waals surface area contributed by atoms with E-state index in [0.717, 1.165) is 17.7 Å². The number of hydrogen-bond acceptors (Lipinski definition) is 4.